The van der Waals surface area contributed by atoms with Crippen LogP contribution < -0.4 is 5.32 Å². The van der Waals surface area contributed by atoms with Crippen LogP contribution in [-0.4, -0.2) is 61.5 Å². The van der Waals surface area contributed by atoms with Crippen LogP contribution in [0.3, 0.4) is 0 Å². The van der Waals surface area contributed by atoms with Crippen molar-refractivity contribution in [2.45, 2.75) is 19.8 Å². The molecule has 1 aliphatic rings. The molecule has 1 amide bonds. The first-order valence-electron chi connectivity index (χ1n) is 7.63. The highest BCUT2D eigenvalue weighted by Crippen LogP contribution is 2.16. The minimum atomic E-state index is 0. The van der Waals surface area contributed by atoms with Gasteiger partial charge < -0.3 is 10.2 Å². The molecule has 0 aromatic carbocycles. The molecule has 1 N–H and O–H groups in total. The zero-order valence-electron chi connectivity index (χ0n) is 13.2. The first-order chi connectivity index (χ1) is 9.71. The molecule has 1 aliphatic heterocycles. The number of hydrogen-bond donors (Lipinski definition) is 1. The number of carbonyl (C=O) groups excluding carboxylic acids is 1. The van der Waals surface area contributed by atoms with Gasteiger partial charge in [-0.15, -0.1) is 25.6 Å². The molecule has 0 spiro atoms. The summed E-state index contributed by atoms with van der Waals surface area (Å²) in [5.41, 5.74) is 0. The Morgan fingerprint density at radius 1 is 1.29 bits per heavy atom. The number of hydrogen-bond acceptors (Lipinski definition) is 3. The summed E-state index contributed by atoms with van der Waals surface area (Å²) in [5, 5.41) is 3.41. The predicted molar refractivity (Wildman–Crippen MR) is 91.9 cm³/mol. The molecule has 0 atom stereocenters. The average Bonchev–Trinajstić information content (AvgIpc) is 2.46. The number of likely N-dealkylation sites (tertiary alicyclic amines) is 1. The first-order valence-corrected chi connectivity index (χ1v) is 7.63. The number of carbonyl (C=O) groups is 1. The van der Waals surface area contributed by atoms with E-state index >= 15 is 0 Å². The Kier molecular flexibility index (Phi) is 11.3. The van der Waals surface area contributed by atoms with Gasteiger partial charge in [0.05, 0.1) is 6.54 Å². The maximum Gasteiger partial charge on any atom is 0.237 e. The van der Waals surface area contributed by atoms with Crippen molar-refractivity contribution >= 4 is 18.3 Å². The number of amides is 1. The normalized spacial score (nSPS) is 16.0. The lowest BCUT2D eigenvalue weighted by Gasteiger charge is -2.33. The van der Waals surface area contributed by atoms with E-state index < -0.39 is 0 Å². The maximum absolute atomic E-state index is 12.2. The zero-order chi connectivity index (χ0) is 14.8. The number of rotatable bonds is 9. The fourth-order valence-electron chi connectivity index (χ4n) is 2.58. The summed E-state index contributed by atoms with van der Waals surface area (Å²) in [4.78, 5) is 16.3. The monoisotopic (exact) mass is 315 g/mol. The van der Waals surface area contributed by atoms with Crippen LogP contribution in [0, 0.1) is 5.92 Å². The first kappa shape index (κ1) is 20.2. The van der Waals surface area contributed by atoms with Gasteiger partial charge in [0.2, 0.25) is 5.91 Å². The molecule has 1 fully saturated rings. The van der Waals surface area contributed by atoms with Gasteiger partial charge in [0.15, 0.2) is 0 Å². The molecule has 0 radical (unpaired) electrons. The second-order valence-corrected chi connectivity index (χ2v) is 5.40. The average molecular weight is 316 g/mol. The molecule has 1 saturated heterocycles. The molecular weight excluding hydrogens is 286 g/mol. The van der Waals surface area contributed by atoms with Gasteiger partial charge in [0.1, 0.15) is 0 Å². The quantitative estimate of drug-likeness (QED) is 0.660. The van der Waals surface area contributed by atoms with Crippen LogP contribution in [0.15, 0.2) is 25.3 Å². The standard InChI is InChI=1S/C16H29N3O.ClH/c1-4-9-19(10-5-2)16(20)14-18-11-7-15(8-12-18)13-17-6-3;/h4-5,15,17H,1-2,6-14H2,3H3;1H. The van der Waals surface area contributed by atoms with E-state index in [0.717, 1.165) is 32.1 Å². The van der Waals surface area contributed by atoms with Crippen LogP contribution in [0.4, 0.5) is 0 Å². The summed E-state index contributed by atoms with van der Waals surface area (Å²) in [6.07, 6.45) is 5.90. The molecule has 4 nitrogen and oxygen atoms in total. The Balaban J connectivity index is 0.00000400. The Bertz CT molecular complexity index is 305. The maximum atomic E-state index is 12.2. The smallest absolute Gasteiger partial charge is 0.237 e. The number of nitrogens with one attached hydrogen (secondary N) is 1. The van der Waals surface area contributed by atoms with Gasteiger partial charge in [-0.2, -0.15) is 0 Å². The molecule has 0 unspecified atom stereocenters. The Morgan fingerprint density at radius 2 is 1.86 bits per heavy atom. The second kappa shape index (κ2) is 11.8. The molecule has 0 bridgehead atoms. The summed E-state index contributed by atoms with van der Waals surface area (Å²) in [6, 6.07) is 0. The third-order valence-electron chi connectivity index (χ3n) is 3.80. The van der Waals surface area contributed by atoms with Gasteiger partial charge in [-0.3, -0.25) is 9.69 Å². The van der Waals surface area contributed by atoms with Crippen LogP contribution in [-0.2, 0) is 4.79 Å². The van der Waals surface area contributed by atoms with E-state index in [-0.39, 0.29) is 18.3 Å². The predicted octanol–water partition coefficient (Wildman–Crippen LogP) is 1.93. The number of piperidine rings is 1. The van der Waals surface area contributed by atoms with Crippen LogP contribution in [0.25, 0.3) is 0 Å². The van der Waals surface area contributed by atoms with Crippen molar-refractivity contribution in [3.05, 3.63) is 25.3 Å². The van der Waals surface area contributed by atoms with Crippen LogP contribution in [0.5, 0.6) is 0 Å². The van der Waals surface area contributed by atoms with Crippen LogP contribution in [0.1, 0.15) is 19.8 Å². The summed E-state index contributed by atoms with van der Waals surface area (Å²) < 4.78 is 0. The van der Waals surface area contributed by atoms with Gasteiger partial charge >= 0.3 is 0 Å². The highest BCUT2D eigenvalue weighted by atomic mass is 35.5. The van der Waals surface area contributed by atoms with E-state index in [1.54, 1.807) is 17.1 Å². The summed E-state index contributed by atoms with van der Waals surface area (Å²) in [6.45, 7) is 15.5. The third-order valence-corrected chi connectivity index (χ3v) is 3.80. The third kappa shape index (κ3) is 7.65. The molecule has 122 valence electrons. The van der Waals surface area contributed by atoms with Crippen molar-refractivity contribution in [2.24, 2.45) is 5.92 Å². The van der Waals surface area contributed by atoms with Crippen molar-refractivity contribution in [1.82, 2.24) is 15.1 Å². The molecule has 1 heterocycles. The SMILES string of the molecule is C=CCN(CC=C)C(=O)CN1CCC(CNCC)CC1.Cl. The highest BCUT2D eigenvalue weighted by molar-refractivity contribution is 5.85. The van der Waals surface area contributed by atoms with E-state index in [0.29, 0.717) is 19.6 Å². The Hall–Kier alpha value is -0.840. The Morgan fingerprint density at radius 3 is 2.33 bits per heavy atom. The molecular formula is C16H30ClN3O. The van der Waals surface area contributed by atoms with E-state index in [9.17, 15) is 4.79 Å². The van der Waals surface area contributed by atoms with Crippen molar-refractivity contribution in [1.29, 1.82) is 0 Å². The highest BCUT2D eigenvalue weighted by Gasteiger charge is 2.22. The van der Waals surface area contributed by atoms with Crippen LogP contribution in [0.2, 0.25) is 0 Å². The van der Waals surface area contributed by atoms with E-state index in [2.05, 4.69) is 30.3 Å². The van der Waals surface area contributed by atoms with E-state index in [1.807, 2.05) is 0 Å². The van der Waals surface area contributed by atoms with Crippen molar-refractivity contribution in [3.8, 4) is 0 Å². The van der Waals surface area contributed by atoms with E-state index in [1.165, 1.54) is 12.8 Å². The molecule has 5 heteroatoms. The Labute approximate surface area is 135 Å². The fraction of sp³-hybridized carbons (Fsp3) is 0.688. The van der Waals surface area contributed by atoms with Gasteiger partial charge in [-0.05, 0) is 44.9 Å². The largest absolute Gasteiger partial charge is 0.334 e. The molecule has 0 aromatic rings. The van der Waals surface area contributed by atoms with Crippen molar-refractivity contribution in [3.63, 3.8) is 0 Å². The lowest BCUT2D eigenvalue weighted by atomic mass is 9.97. The van der Waals surface area contributed by atoms with E-state index in [4.69, 9.17) is 0 Å². The molecule has 0 aliphatic carbocycles. The summed E-state index contributed by atoms with van der Waals surface area (Å²) in [7, 11) is 0. The minimum Gasteiger partial charge on any atom is -0.334 e. The molecule has 21 heavy (non-hydrogen) atoms. The van der Waals surface area contributed by atoms with Gasteiger partial charge in [0.25, 0.3) is 0 Å². The van der Waals surface area contributed by atoms with Gasteiger partial charge in [0, 0.05) is 13.1 Å². The fourth-order valence-corrected chi connectivity index (χ4v) is 2.58. The molecule has 0 aromatic heterocycles. The minimum absolute atomic E-state index is 0. The van der Waals surface area contributed by atoms with Gasteiger partial charge in [-0.1, -0.05) is 19.1 Å². The lowest BCUT2D eigenvalue weighted by molar-refractivity contribution is -0.131. The van der Waals surface area contributed by atoms with Crippen molar-refractivity contribution in [2.75, 3.05) is 45.8 Å². The number of nitrogens with zero attached hydrogens (tertiary/aromatic N) is 2. The molecule has 1 rings (SSSR count). The summed E-state index contributed by atoms with van der Waals surface area (Å²) >= 11 is 0. The zero-order valence-corrected chi connectivity index (χ0v) is 14.0. The topological polar surface area (TPSA) is 35.6 Å². The molecule has 0 saturated carbocycles. The summed E-state index contributed by atoms with van der Waals surface area (Å²) in [5.74, 6) is 0.939. The second-order valence-electron chi connectivity index (χ2n) is 5.40. The van der Waals surface area contributed by atoms with Gasteiger partial charge in [-0.25, -0.2) is 0 Å². The lowest BCUT2D eigenvalue weighted by Crippen LogP contribution is -2.44. The van der Waals surface area contributed by atoms with Crippen LogP contribution >= 0.6 is 12.4 Å². The van der Waals surface area contributed by atoms with Crippen molar-refractivity contribution < 1.29 is 4.79 Å². The number of halogens is 1.